The zero-order valence-electron chi connectivity index (χ0n) is 15.4. The Morgan fingerprint density at radius 2 is 1.63 bits per heavy atom. The van der Waals surface area contributed by atoms with Gasteiger partial charge in [0.25, 0.3) is 5.91 Å². The largest absolute Gasteiger partial charge is 0.545 e. The summed E-state index contributed by atoms with van der Waals surface area (Å²) in [5, 5.41) is 13.8. The second-order valence-electron chi connectivity index (χ2n) is 5.85. The molecule has 2 rings (SSSR count). The Kier molecular flexibility index (Phi) is 6.35. The monoisotopic (exact) mass is 389 g/mol. The average molecular weight is 389 g/mol. The van der Waals surface area contributed by atoms with E-state index in [1.54, 1.807) is 26.8 Å². The molecule has 2 aromatic carbocycles. The number of hydrogen-bond acceptors (Lipinski definition) is 5. The molecule has 144 valence electrons. The van der Waals surface area contributed by atoms with Crippen LogP contribution in [0, 0.1) is 6.92 Å². The summed E-state index contributed by atoms with van der Waals surface area (Å²) < 4.78 is 26.7. The summed E-state index contributed by atoms with van der Waals surface area (Å²) in [5.41, 5.74) is 0.641. The number of nitrogens with one attached hydrogen (secondary N) is 1. The van der Waals surface area contributed by atoms with Crippen LogP contribution < -0.4 is 10.4 Å². The van der Waals surface area contributed by atoms with Gasteiger partial charge in [-0.25, -0.2) is 8.42 Å². The summed E-state index contributed by atoms with van der Waals surface area (Å²) in [5.74, 6) is -2.12. The van der Waals surface area contributed by atoms with Gasteiger partial charge in [0.05, 0.1) is 10.9 Å². The Morgan fingerprint density at radius 3 is 2.19 bits per heavy atom. The molecule has 0 saturated carbocycles. The van der Waals surface area contributed by atoms with Crippen molar-refractivity contribution >= 4 is 27.6 Å². The van der Waals surface area contributed by atoms with Gasteiger partial charge in [0.1, 0.15) is 0 Å². The molecule has 0 unspecified atom stereocenters. The molecule has 0 bridgehead atoms. The Balaban J connectivity index is 2.41. The molecule has 1 N–H and O–H groups in total. The van der Waals surface area contributed by atoms with E-state index in [1.807, 2.05) is 0 Å². The van der Waals surface area contributed by atoms with Crippen LogP contribution in [0.4, 0.5) is 5.69 Å². The molecule has 1 amide bonds. The summed E-state index contributed by atoms with van der Waals surface area (Å²) in [7, 11) is -3.68. The summed E-state index contributed by atoms with van der Waals surface area (Å²) >= 11 is 0. The molecule has 0 fully saturated rings. The van der Waals surface area contributed by atoms with Crippen LogP contribution >= 0.6 is 0 Å². The van der Waals surface area contributed by atoms with Crippen LogP contribution in [0.3, 0.4) is 0 Å². The van der Waals surface area contributed by atoms with Crippen molar-refractivity contribution in [2.75, 3.05) is 18.4 Å². The molecule has 0 atom stereocenters. The van der Waals surface area contributed by atoms with Crippen molar-refractivity contribution in [1.82, 2.24) is 4.31 Å². The predicted molar refractivity (Wildman–Crippen MR) is 100 cm³/mol. The standard InChI is InChI=1S/C19H22N2O5S/c1-4-21(5-2)27(25,26)14-11-10-13(3)17(12-14)20-18(22)15-8-6-7-9-16(15)19(23)24/h6-12H,4-5H2,1-3H3,(H,20,22)(H,23,24)/p-1. The Bertz CT molecular complexity index is 966. The topological polar surface area (TPSA) is 107 Å². The van der Waals surface area contributed by atoms with Crippen molar-refractivity contribution in [3.63, 3.8) is 0 Å². The molecular weight excluding hydrogens is 368 g/mol. The fourth-order valence-corrected chi connectivity index (χ4v) is 4.14. The first-order chi connectivity index (χ1) is 12.7. The number of carboxylic acids is 1. The van der Waals surface area contributed by atoms with Crippen molar-refractivity contribution < 1.29 is 23.1 Å². The summed E-state index contributed by atoms with van der Waals surface area (Å²) in [6.45, 7) is 5.86. The molecule has 0 radical (unpaired) electrons. The highest BCUT2D eigenvalue weighted by molar-refractivity contribution is 7.89. The van der Waals surface area contributed by atoms with Crippen LogP contribution in [0.25, 0.3) is 0 Å². The molecule has 0 aliphatic rings. The number of aromatic carboxylic acids is 1. The van der Waals surface area contributed by atoms with E-state index in [-0.39, 0.29) is 16.0 Å². The highest BCUT2D eigenvalue weighted by Gasteiger charge is 2.23. The van der Waals surface area contributed by atoms with E-state index in [0.29, 0.717) is 24.3 Å². The van der Waals surface area contributed by atoms with Gasteiger partial charge in [-0.15, -0.1) is 0 Å². The third-order valence-electron chi connectivity index (χ3n) is 4.19. The molecule has 2 aromatic rings. The van der Waals surface area contributed by atoms with Crippen molar-refractivity contribution in [3.05, 3.63) is 59.2 Å². The minimum Gasteiger partial charge on any atom is -0.545 e. The number of benzene rings is 2. The predicted octanol–water partition coefficient (Wildman–Crippen LogP) is 1.64. The average Bonchev–Trinajstić information content (AvgIpc) is 2.64. The van der Waals surface area contributed by atoms with Crippen LogP contribution in [0.15, 0.2) is 47.4 Å². The first-order valence-electron chi connectivity index (χ1n) is 8.44. The molecular formula is C19H21N2O5S-. The normalized spacial score (nSPS) is 11.4. The van der Waals surface area contributed by atoms with Gasteiger partial charge in [0.15, 0.2) is 0 Å². The molecule has 8 heteroatoms. The number of aryl methyl sites for hydroxylation is 1. The number of anilines is 1. The molecule has 0 heterocycles. The maximum atomic E-state index is 12.7. The van der Waals surface area contributed by atoms with Crippen LogP contribution in [0.5, 0.6) is 0 Å². The molecule has 0 saturated heterocycles. The van der Waals surface area contributed by atoms with Crippen LogP contribution in [-0.4, -0.2) is 37.7 Å². The lowest BCUT2D eigenvalue weighted by Crippen LogP contribution is -2.30. The SMILES string of the molecule is CCN(CC)S(=O)(=O)c1ccc(C)c(NC(=O)c2ccccc2C(=O)[O-])c1. The molecule has 0 aliphatic carbocycles. The third kappa shape index (κ3) is 4.35. The third-order valence-corrected chi connectivity index (χ3v) is 6.24. The molecule has 0 spiro atoms. The number of amides is 1. The lowest BCUT2D eigenvalue weighted by atomic mass is 10.1. The van der Waals surface area contributed by atoms with Gasteiger partial charge in [-0.3, -0.25) is 4.79 Å². The van der Waals surface area contributed by atoms with E-state index in [1.165, 1.54) is 40.7 Å². The van der Waals surface area contributed by atoms with Crippen molar-refractivity contribution in [2.45, 2.75) is 25.7 Å². The minimum atomic E-state index is -3.68. The van der Waals surface area contributed by atoms with Crippen molar-refractivity contribution in [1.29, 1.82) is 0 Å². The number of sulfonamides is 1. The van der Waals surface area contributed by atoms with Gasteiger partial charge >= 0.3 is 0 Å². The number of carboxylic acid groups (broad SMARTS) is 1. The fraction of sp³-hybridized carbons (Fsp3) is 0.263. The fourth-order valence-electron chi connectivity index (χ4n) is 2.66. The van der Waals surface area contributed by atoms with E-state index in [4.69, 9.17) is 0 Å². The number of nitrogens with zero attached hydrogens (tertiary/aromatic N) is 1. The van der Waals surface area contributed by atoms with Gasteiger partial charge in [0.2, 0.25) is 10.0 Å². The van der Waals surface area contributed by atoms with E-state index >= 15 is 0 Å². The van der Waals surface area contributed by atoms with Crippen molar-refractivity contribution in [2.24, 2.45) is 0 Å². The van der Waals surface area contributed by atoms with E-state index in [0.717, 1.165) is 0 Å². The van der Waals surface area contributed by atoms with Gasteiger partial charge in [0, 0.05) is 29.9 Å². The molecule has 27 heavy (non-hydrogen) atoms. The maximum Gasteiger partial charge on any atom is 0.256 e. The van der Waals surface area contributed by atoms with Crippen LogP contribution in [-0.2, 0) is 10.0 Å². The first-order valence-corrected chi connectivity index (χ1v) is 9.88. The Morgan fingerprint density at radius 1 is 1.04 bits per heavy atom. The molecule has 0 aliphatic heterocycles. The van der Waals surface area contributed by atoms with Gasteiger partial charge in [-0.2, -0.15) is 4.31 Å². The highest BCUT2D eigenvalue weighted by Crippen LogP contribution is 2.24. The smallest absolute Gasteiger partial charge is 0.256 e. The number of carbonyl (C=O) groups is 2. The zero-order chi connectivity index (χ0) is 20.2. The van der Waals surface area contributed by atoms with Gasteiger partial charge < -0.3 is 15.2 Å². The van der Waals surface area contributed by atoms with E-state index in [9.17, 15) is 23.1 Å². The van der Waals surface area contributed by atoms with Crippen LogP contribution in [0.1, 0.15) is 40.1 Å². The highest BCUT2D eigenvalue weighted by atomic mass is 32.2. The summed E-state index contributed by atoms with van der Waals surface area (Å²) in [6, 6.07) is 10.1. The second-order valence-corrected chi connectivity index (χ2v) is 7.79. The van der Waals surface area contributed by atoms with Crippen molar-refractivity contribution in [3.8, 4) is 0 Å². The minimum absolute atomic E-state index is 0.0558. The second kappa shape index (κ2) is 8.32. The lowest BCUT2D eigenvalue weighted by Gasteiger charge is -2.19. The zero-order valence-corrected chi connectivity index (χ0v) is 16.2. The quantitative estimate of drug-likeness (QED) is 0.775. The summed E-state index contributed by atoms with van der Waals surface area (Å²) in [6.07, 6.45) is 0. The van der Waals surface area contributed by atoms with Gasteiger partial charge in [-0.1, -0.05) is 38.1 Å². The Labute approximate surface area is 158 Å². The first kappa shape index (κ1) is 20.6. The summed E-state index contributed by atoms with van der Waals surface area (Å²) in [4.78, 5) is 23.8. The number of carbonyl (C=O) groups excluding carboxylic acids is 2. The van der Waals surface area contributed by atoms with E-state index < -0.39 is 21.9 Å². The Hall–Kier alpha value is -2.71. The lowest BCUT2D eigenvalue weighted by molar-refractivity contribution is -0.255. The maximum absolute atomic E-state index is 12.7. The number of hydrogen-bond donors (Lipinski definition) is 1. The van der Waals surface area contributed by atoms with E-state index in [2.05, 4.69) is 5.32 Å². The molecule has 7 nitrogen and oxygen atoms in total. The number of rotatable bonds is 7. The van der Waals surface area contributed by atoms with Gasteiger partial charge in [-0.05, 0) is 30.7 Å². The molecule has 0 aromatic heterocycles. The van der Waals surface area contributed by atoms with Crippen LogP contribution in [0.2, 0.25) is 0 Å².